The lowest BCUT2D eigenvalue weighted by atomic mass is 10.1. The molecule has 2 rings (SSSR count). The summed E-state index contributed by atoms with van der Waals surface area (Å²) < 4.78 is 4.95. The average molecular weight is 357 g/mol. The third kappa shape index (κ3) is 4.98. The molecule has 0 aliphatic heterocycles. The van der Waals surface area contributed by atoms with Crippen LogP contribution in [-0.4, -0.2) is 36.1 Å². The quantitative estimate of drug-likeness (QED) is 0.759. The summed E-state index contributed by atoms with van der Waals surface area (Å²) in [6.07, 6.45) is 0. The highest BCUT2D eigenvalue weighted by molar-refractivity contribution is 7.99. The average Bonchev–Trinajstić information content (AvgIpc) is 2.85. The smallest absolute Gasteiger partial charge is 0.236 e. The molecule has 0 bridgehead atoms. The van der Waals surface area contributed by atoms with Gasteiger partial charge >= 0.3 is 0 Å². The van der Waals surface area contributed by atoms with Crippen molar-refractivity contribution in [3.05, 3.63) is 34.2 Å². The molecule has 7 heteroatoms. The van der Waals surface area contributed by atoms with E-state index in [1.807, 2.05) is 31.2 Å². The summed E-state index contributed by atoms with van der Waals surface area (Å²) in [7, 11) is 1.65. The van der Waals surface area contributed by atoms with E-state index in [4.69, 9.17) is 16.3 Å². The van der Waals surface area contributed by atoms with Gasteiger partial charge in [0.1, 0.15) is 0 Å². The Morgan fingerprint density at radius 1 is 1.41 bits per heavy atom. The van der Waals surface area contributed by atoms with Crippen LogP contribution in [0.4, 0.5) is 5.13 Å². The fourth-order valence-corrected chi connectivity index (χ4v) is 3.45. The molecular weight excluding hydrogens is 340 g/mol. The van der Waals surface area contributed by atoms with Gasteiger partial charge in [-0.15, -0.1) is 23.1 Å². The number of aryl methyl sites for hydroxylation is 1. The number of carbonyl (C=O) groups is 1. The molecule has 0 aliphatic carbocycles. The Hall–Kier alpha value is -1.08. The van der Waals surface area contributed by atoms with Crippen LogP contribution in [0.25, 0.3) is 11.3 Å². The van der Waals surface area contributed by atoms with Gasteiger partial charge in [0.05, 0.1) is 18.1 Å². The number of halogens is 1. The topological polar surface area (TPSA) is 51.2 Å². The molecule has 1 amide bonds. The molecule has 0 atom stereocenters. The van der Waals surface area contributed by atoms with E-state index in [1.54, 1.807) is 7.11 Å². The predicted molar refractivity (Wildman–Crippen MR) is 95.1 cm³/mol. The molecule has 0 saturated carbocycles. The van der Waals surface area contributed by atoms with E-state index in [1.165, 1.54) is 23.1 Å². The standard InChI is InChI=1S/C15H17ClN2O2S2/c1-10-14(11-3-5-12(16)6-4-11)18-15(22-10)17-13(19)9-21-8-7-20-2/h3-6H,7-9H2,1-2H3,(H,17,18,19). The van der Waals surface area contributed by atoms with E-state index >= 15 is 0 Å². The van der Waals surface area contributed by atoms with Gasteiger partial charge in [0.25, 0.3) is 0 Å². The Bertz CT molecular complexity index is 629. The van der Waals surface area contributed by atoms with Crippen molar-refractivity contribution in [2.75, 3.05) is 30.5 Å². The second-order valence-corrected chi connectivity index (χ2v) is 7.27. The highest BCUT2D eigenvalue weighted by Gasteiger charge is 2.12. The third-order valence-electron chi connectivity index (χ3n) is 2.83. The van der Waals surface area contributed by atoms with Crippen molar-refractivity contribution in [2.45, 2.75) is 6.92 Å². The number of amides is 1. The number of ether oxygens (including phenoxy) is 1. The number of hydrogen-bond acceptors (Lipinski definition) is 5. The Morgan fingerprint density at radius 3 is 2.82 bits per heavy atom. The molecule has 2 aromatic rings. The minimum Gasteiger partial charge on any atom is -0.384 e. The van der Waals surface area contributed by atoms with Crippen LogP contribution in [0.2, 0.25) is 5.02 Å². The van der Waals surface area contributed by atoms with Crippen molar-refractivity contribution in [1.82, 2.24) is 4.98 Å². The van der Waals surface area contributed by atoms with Crippen LogP contribution in [0.1, 0.15) is 4.88 Å². The largest absolute Gasteiger partial charge is 0.384 e. The molecule has 4 nitrogen and oxygen atoms in total. The zero-order valence-corrected chi connectivity index (χ0v) is 14.8. The molecule has 0 spiro atoms. The highest BCUT2D eigenvalue weighted by Crippen LogP contribution is 2.31. The monoisotopic (exact) mass is 356 g/mol. The molecule has 0 radical (unpaired) electrons. The van der Waals surface area contributed by atoms with Gasteiger partial charge in [0.15, 0.2) is 5.13 Å². The van der Waals surface area contributed by atoms with E-state index in [9.17, 15) is 4.79 Å². The first-order chi connectivity index (χ1) is 10.6. The summed E-state index contributed by atoms with van der Waals surface area (Å²) in [5, 5.41) is 4.16. The van der Waals surface area contributed by atoms with Crippen LogP contribution in [-0.2, 0) is 9.53 Å². The number of carbonyl (C=O) groups excluding carboxylic acids is 1. The third-order valence-corrected chi connectivity index (χ3v) is 4.89. The maximum atomic E-state index is 11.9. The first-order valence-electron chi connectivity index (χ1n) is 6.70. The summed E-state index contributed by atoms with van der Waals surface area (Å²) in [4.78, 5) is 17.4. The predicted octanol–water partition coefficient (Wildman–Crippen LogP) is 4.09. The van der Waals surface area contributed by atoms with Gasteiger partial charge in [-0.3, -0.25) is 4.79 Å². The van der Waals surface area contributed by atoms with Gasteiger partial charge < -0.3 is 10.1 Å². The lowest BCUT2D eigenvalue weighted by Gasteiger charge is -2.01. The number of rotatable bonds is 7. The number of anilines is 1. The number of nitrogens with one attached hydrogen (secondary N) is 1. The number of aromatic nitrogens is 1. The molecule has 118 valence electrons. The summed E-state index contributed by atoms with van der Waals surface area (Å²) in [5.74, 6) is 1.16. The van der Waals surface area contributed by atoms with Crippen LogP contribution >= 0.6 is 34.7 Å². The van der Waals surface area contributed by atoms with Crippen molar-refractivity contribution < 1.29 is 9.53 Å². The Morgan fingerprint density at radius 2 is 2.14 bits per heavy atom. The molecule has 0 aliphatic rings. The number of nitrogens with zero attached hydrogens (tertiary/aromatic N) is 1. The van der Waals surface area contributed by atoms with E-state index in [2.05, 4.69) is 10.3 Å². The summed E-state index contributed by atoms with van der Waals surface area (Å²) in [6, 6.07) is 7.52. The van der Waals surface area contributed by atoms with Crippen molar-refractivity contribution in [1.29, 1.82) is 0 Å². The second kappa shape index (κ2) is 8.53. The maximum absolute atomic E-state index is 11.9. The van der Waals surface area contributed by atoms with Crippen molar-refractivity contribution in [3.63, 3.8) is 0 Å². The van der Waals surface area contributed by atoms with E-state index in [0.29, 0.717) is 22.5 Å². The number of benzene rings is 1. The van der Waals surface area contributed by atoms with Crippen molar-refractivity contribution in [3.8, 4) is 11.3 Å². The molecule has 1 aromatic heterocycles. The lowest BCUT2D eigenvalue weighted by Crippen LogP contribution is -2.14. The summed E-state index contributed by atoms with van der Waals surface area (Å²) in [6.45, 7) is 2.64. The van der Waals surface area contributed by atoms with Crippen LogP contribution in [0.5, 0.6) is 0 Å². The Labute approximate surface area is 143 Å². The number of thiazole rings is 1. The molecule has 0 fully saturated rings. The van der Waals surface area contributed by atoms with Crippen LogP contribution in [0, 0.1) is 6.92 Å². The van der Waals surface area contributed by atoms with Gasteiger partial charge in [-0.2, -0.15) is 0 Å². The molecule has 1 heterocycles. The normalized spacial score (nSPS) is 10.7. The van der Waals surface area contributed by atoms with Gasteiger partial charge in [-0.1, -0.05) is 23.7 Å². The molecular formula is C15H17ClN2O2S2. The Balaban J connectivity index is 1.97. The summed E-state index contributed by atoms with van der Waals surface area (Å²) in [5.41, 5.74) is 1.87. The zero-order valence-electron chi connectivity index (χ0n) is 12.4. The van der Waals surface area contributed by atoms with Gasteiger partial charge in [-0.05, 0) is 19.1 Å². The lowest BCUT2D eigenvalue weighted by molar-refractivity contribution is -0.113. The van der Waals surface area contributed by atoms with Crippen LogP contribution in [0.15, 0.2) is 24.3 Å². The molecule has 0 unspecified atom stereocenters. The molecule has 1 N–H and O–H groups in total. The first-order valence-corrected chi connectivity index (χ1v) is 9.05. The minimum absolute atomic E-state index is 0.0440. The summed E-state index contributed by atoms with van der Waals surface area (Å²) >= 11 is 8.91. The van der Waals surface area contributed by atoms with Crippen LogP contribution < -0.4 is 5.32 Å². The maximum Gasteiger partial charge on any atom is 0.236 e. The minimum atomic E-state index is -0.0440. The van der Waals surface area contributed by atoms with E-state index in [-0.39, 0.29) is 5.91 Å². The first kappa shape index (κ1) is 17.3. The van der Waals surface area contributed by atoms with Crippen LogP contribution in [0.3, 0.4) is 0 Å². The van der Waals surface area contributed by atoms with Gasteiger partial charge in [0, 0.05) is 28.3 Å². The van der Waals surface area contributed by atoms with Crippen molar-refractivity contribution in [2.24, 2.45) is 0 Å². The Kier molecular flexibility index (Phi) is 6.70. The van der Waals surface area contributed by atoms with E-state index < -0.39 is 0 Å². The fourth-order valence-electron chi connectivity index (χ4n) is 1.79. The zero-order chi connectivity index (χ0) is 15.9. The highest BCUT2D eigenvalue weighted by atomic mass is 35.5. The SMILES string of the molecule is COCCSCC(=O)Nc1nc(-c2ccc(Cl)cc2)c(C)s1. The molecule has 0 saturated heterocycles. The van der Waals surface area contributed by atoms with Gasteiger partial charge in [0.2, 0.25) is 5.91 Å². The van der Waals surface area contributed by atoms with Gasteiger partial charge in [-0.25, -0.2) is 4.98 Å². The number of methoxy groups -OCH3 is 1. The van der Waals surface area contributed by atoms with E-state index in [0.717, 1.165) is 21.9 Å². The molecule has 1 aromatic carbocycles. The number of hydrogen-bond donors (Lipinski definition) is 1. The second-order valence-electron chi connectivity index (χ2n) is 4.52. The molecule has 22 heavy (non-hydrogen) atoms. The fraction of sp³-hybridized carbons (Fsp3) is 0.333. The number of thioether (sulfide) groups is 1. The van der Waals surface area contributed by atoms with Crippen molar-refractivity contribution >= 4 is 45.7 Å².